The Morgan fingerprint density at radius 2 is 1.05 bits per heavy atom. The van der Waals surface area contributed by atoms with Gasteiger partial charge in [0, 0.05) is 34.1 Å². The molecule has 7 aliphatic rings. The summed E-state index contributed by atoms with van der Waals surface area (Å²) in [5, 5.41) is 0. The maximum absolute atomic E-state index is 2.95. The predicted molar refractivity (Wildman–Crippen MR) is 310 cm³/mol. The summed E-state index contributed by atoms with van der Waals surface area (Å²) in [7, 11) is 0. The molecule has 374 valence electrons. The fourth-order valence-electron chi connectivity index (χ4n) is 15.6. The Hall–Kier alpha value is -5.66. The third-order valence-corrected chi connectivity index (χ3v) is 19.7. The summed E-state index contributed by atoms with van der Waals surface area (Å²) in [6.45, 7) is 41.6. The minimum Gasteiger partial charge on any atom is -0.337 e. The molecule has 1 heteroatoms. The molecule has 0 bridgehead atoms. The van der Waals surface area contributed by atoms with Gasteiger partial charge in [0.15, 0.2) is 0 Å². The van der Waals surface area contributed by atoms with E-state index >= 15 is 0 Å². The number of benzene rings is 5. The standard InChI is InChI=1S/C72H81N/c1-65(2,3)43-29-33-50-51-34-30-44(66(4,5)6)38-58(51)72(57(50)37-43)59-39-45(67(7,8)9)31-35-52(59)64-60(72)40-46(68(10,11)12)41-61(64)73(47-32-36-49-48-23-18-19-24-53(48)69(13,14)56(49)42-47)63-28-22-27-62-70(15,16)54-25-20-21-26-55(54)71(62,63)17/h18-31,33-39,41-42,47,60,62H,32,40H2,1-17H3. The van der Waals surface area contributed by atoms with Gasteiger partial charge in [0.25, 0.3) is 0 Å². The molecule has 7 aliphatic carbocycles. The average Bonchev–Trinajstić information content (AvgIpc) is 3.94. The molecule has 0 N–H and O–H groups in total. The van der Waals surface area contributed by atoms with E-state index in [4.69, 9.17) is 0 Å². The second-order valence-electron chi connectivity index (χ2n) is 28.7. The molecule has 0 fully saturated rings. The zero-order valence-electron chi connectivity index (χ0n) is 47.4. The Morgan fingerprint density at radius 3 is 1.62 bits per heavy atom. The molecule has 0 aromatic heterocycles. The monoisotopic (exact) mass is 960 g/mol. The van der Waals surface area contributed by atoms with Gasteiger partial charge >= 0.3 is 0 Å². The number of fused-ring (bicyclic) bond motifs is 16. The Balaban J connectivity index is 1.22. The molecule has 0 radical (unpaired) electrons. The van der Waals surface area contributed by atoms with E-state index in [0.29, 0.717) is 0 Å². The van der Waals surface area contributed by atoms with Crippen LogP contribution in [0.4, 0.5) is 0 Å². The van der Waals surface area contributed by atoms with Crippen LogP contribution >= 0.6 is 0 Å². The number of nitrogens with zero attached hydrogens (tertiary/aromatic N) is 1. The highest BCUT2D eigenvalue weighted by Crippen LogP contribution is 2.69. The molecule has 0 saturated carbocycles. The maximum atomic E-state index is 2.95. The Kier molecular flexibility index (Phi) is 10.1. The van der Waals surface area contributed by atoms with Gasteiger partial charge in [-0.15, -0.1) is 0 Å². The minimum absolute atomic E-state index is 0.0211. The SMILES string of the molecule is CC(C)(C)C1=CC(N(C2=CC=CC3C(C)(C)c4ccccc4C23C)C2C=C3C(=CC2)c2ccccc2C3(C)C)=C2c3ccc(C(C)(C)C)cc3C3(c4cc(C(C)(C)C)ccc4-c4ccc(C(C)(C)C)cc43)C2C1. The third-order valence-electron chi connectivity index (χ3n) is 19.7. The van der Waals surface area contributed by atoms with Crippen LogP contribution in [0.15, 0.2) is 162 Å². The molecular weight excluding hydrogens is 879 g/mol. The van der Waals surface area contributed by atoms with Crippen molar-refractivity contribution in [3.8, 4) is 11.1 Å². The van der Waals surface area contributed by atoms with E-state index in [2.05, 4.69) is 262 Å². The van der Waals surface area contributed by atoms with Gasteiger partial charge in [-0.05, 0) is 148 Å². The van der Waals surface area contributed by atoms with Crippen LogP contribution in [-0.4, -0.2) is 10.9 Å². The van der Waals surface area contributed by atoms with Gasteiger partial charge in [0.05, 0.1) is 11.5 Å². The number of hydrogen-bond acceptors (Lipinski definition) is 1. The molecule has 73 heavy (non-hydrogen) atoms. The summed E-state index contributed by atoms with van der Waals surface area (Å²) in [5.74, 6) is 0.423. The molecule has 1 nitrogen and oxygen atoms in total. The smallest absolute Gasteiger partial charge is 0.0560 e. The van der Waals surface area contributed by atoms with E-state index in [-0.39, 0.29) is 55.8 Å². The lowest BCUT2D eigenvalue weighted by atomic mass is 9.61. The Bertz CT molecular complexity index is 3340. The summed E-state index contributed by atoms with van der Waals surface area (Å²) in [6, 6.07) is 41.8. The van der Waals surface area contributed by atoms with E-state index in [1.807, 2.05) is 0 Å². The van der Waals surface area contributed by atoms with Gasteiger partial charge in [-0.3, -0.25) is 0 Å². The van der Waals surface area contributed by atoms with Crippen molar-refractivity contribution in [1.29, 1.82) is 0 Å². The molecule has 4 atom stereocenters. The lowest BCUT2D eigenvalue weighted by Gasteiger charge is -2.50. The highest BCUT2D eigenvalue weighted by molar-refractivity contribution is 5.95. The molecule has 1 spiro atoms. The van der Waals surface area contributed by atoms with Crippen LogP contribution in [0, 0.1) is 17.3 Å². The van der Waals surface area contributed by atoms with Crippen LogP contribution in [0.2, 0.25) is 0 Å². The normalized spacial score (nSPS) is 24.6. The van der Waals surface area contributed by atoms with Crippen LogP contribution in [0.1, 0.15) is 192 Å². The fraction of sp³-hybridized carbons (Fsp3) is 0.417. The lowest BCUT2D eigenvalue weighted by molar-refractivity contribution is 0.236. The van der Waals surface area contributed by atoms with Gasteiger partial charge in [-0.2, -0.15) is 0 Å². The van der Waals surface area contributed by atoms with E-state index in [0.717, 1.165) is 12.8 Å². The van der Waals surface area contributed by atoms with Gasteiger partial charge < -0.3 is 4.90 Å². The first kappa shape index (κ1) is 48.3. The van der Waals surface area contributed by atoms with Crippen LogP contribution < -0.4 is 0 Å². The van der Waals surface area contributed by atoms with Crippen LogP contribution in [0.5, 0.6) is 0 Å². The van der Waals surface area contributed by atoms with Crippen molar-refractivity contribution in [2.45, 2.75) is 174 Å². The summed E-state index contributed by atoms with van der Waals surface area (Å²) in [6.07, 6.45) is 17.5. The fourth-order valence-corrected chi connectivity index (χ4v) is 15.6. The van der Waals surface area contributed by atoms with Crippen LogP contribution in [0.25, 0.3) is 22.3 Å². The molecule has 0 saturated heterocycles. The first-order valence-electron chi connectivity index (χ1n) is 27.8. The second kappa shape index (κ2) is 15.2. The Labute approximate surface area is 440 Å². The molecule has 12 rings (SSSR count). The summed E-state index contributed by atoms with van der Waals surface area (Å²) in [5.41, 5.74) is 26.4. The molecule has 0 aliphatic heterocycles. The van der Waals surface area contributed by atoms with Crippen molar-refractivity contribution in [2.24, 2.45) is 17.3 Å². The highest BCUT2D eigenvalue weighted by Gasteiger charge is 2.61. The van der Waals surface area contributed by atoms with Crippen LogP contribution in [-0.2, 0) is 37.9 Å². The first-order valence-corrected chi connectivity index (χ1v) is 27.8. The van der Waals surface area contributed by atoms with E-state index in [1.165, 1.54) is 106 Å². The topological polar surface area (TPSA) is 3.24 Å². The quantitative estimate of drug-likeness (QED) is 0.174. The first-order chi connectivity index (χ1) is 34.1. The Morgan fingerprint density at radius 1 is 0.534 bits per heavy atom. The molecule has 4 unspecified atom stereocenters. The van der Waals surface area contributed by atoms with Gasteiger partial charge in [-0.25, -0.2) is 0 Å². The molecular formula is C72H81N. The molecule has 0 heterocycles. The van der Waals surface area contributed by atoms with Crippen molar-refractivity contribution in [3.05, 3.63) is 223 Å². The predicted octanol–water partition coefficient (Wildman–Crippen LogP) is 18.3. The second-order valence-corrected chi connectivity index (χ2v) is 28.7. The highest BCUT2D eigenvalue weighted by atomic mass is 15.2. The van der Waals surface area contributed by atoms with Crippen molar-refractivity contribution < 1.29 is 0 Å². The van der Waals surface area contributed by atoms with E-state index < -0.39 is 5.41 Å². The van der Waals surface area contributed by atoms with Crippen LogP contribution in [0.3, 0.4) is 0 Å². The van der Waals surface area contributed by atoms with Crippen molar-refractivity contribution in [1.82, 2.24) is 4.90 Å². The zero-order valence-corrected chi connectivity index (χ0v) is 47.4. The summed E-state index contributed by atoms with van der Waals surface area (Å²) >= 11 is 0. The van der Waals surface area contributed by atoms with Gasteiger partial charge in [-0.1, -0.05) is 244 Å². The molecule has 0 amide bonds. The number of hydrogen-bond donors (Lipinski definition) is 0. The van der Waals surface area contributed by atoms with Gasteiger partial charge in [0.2, 0.25) is 0 Å². The molecule has 5 aromatic carbocycles. The summed E-state index contributed by atoms with van der Waals surface area (Å²) in [4.78, 5) is 2.95. The molecule has 5 aromatic rings. The number of rotatable bonds is 3. The van der Waals surface area contributed by atoms with E-state index in [9.17, 15) is 0 Å². The third kappa shape index (κ3) is 6.58. The van der Waals surface area contributed by atoms with Crippen molar-refractivity contribution in [3.63, 3.8) is 0 Å². The van der Waals surface area contributed by atoms with Crippen molar-refractivity contribution >= 4 is 11.1 Å². The summed E-state index contributed by atoms with van der Waals surface area (Å²) < 4.78 is 0. The minimum atomic E-state index is -0.427. The average molecular weight is 960 g/mol. The lowest BCUT2D eigenvalue weighted by Crippen LogP contribution is -2.47. The maximum Gasteiger partial charge on any atom is 0.0560 e. The zero-order chi connectivity index (χ0) is 52.0. The van der Waals surface area contributed by atoms with Gasteiger partial charge in [0.1, 0.15) is 0 Å². The largest absolute Gasteiger partial charge is 0.337 e. The van der Waals surface area contributed by atoms with Crippen molar-refractivity contribution in [2.75, 3.05) is 0 Å². The number of allylic oxidation sites excluding steroid dienone is 9. The van der Waals surface area contributed by atoms with E-state index in [1.54, 1.807) is 0 Å².